The van der Waals surface area contributed by atoms with Gasteiger partial charge in [-0.25, -0.2) is 5.84 Å². The number of hydrazine groups is 1. The number of ether oxygens (including phenoxy) is 1. The minimum atomic E-state index is 0.586. The van der Waals surface area contributed by atoms with Crippen LogP contribution in [0.5, 0.6) is 0 Å². The first-order chi connectivity index (χ1) is 9.76. The van der Waals surface area contributed by atoms with Gasteiger partial charge in [-0.1, -0.05) is 25.1 Å². The lowest BCUT2D eigenvalue weighted by Gasteiger charge is -2.34. The summed E-state index contributed by atoms with van der Waals surface area (Å²) < 4.78 is 5.04. The summed E-state index contributed by atoms with van der Waals surface area (Å²) in [5.74, 6) is 6.99. The molecule has 0 radical (unpaired) electrons. The third-order valence-corrected chi connectivity index (χ3v) is 3.50. The Morgan fingerprint density at radius 1 is 1.50 bits per heavy atom. The van der Waals surface area contributed by atoms with Crippen molar-refractivity contribution in [3.8, 4) is 0 Å². The molecule has 1 aliphatic heterocycles. The van der Waals surface area contributed by atoms with Gasteiger partial charge in [0.15, 0.2) is 0 Å². The van der Waals surface area contributed by atoms with E-state index in [1.807, 2.05) is 0 Å². The van der Waals surface area contributed by atoms with E-state index in [2.05, 4.69) is 46.5 Å². The molecule has 5 heteroatoms. The fourth-order valence-corrected chi connectivity index (χ4v) is 2.60. The first kappa shape index (κ1) is 14.8. The number of benzene rings is 1. The monoisotopic (exact) mass is 276 g/mol. The van der Waals surface area contributed by atoms with E-state index < -0.39 is 0 Å². The van der Waals surface area contributed by atoms with Crippen molar-refractivity contribution in [2.24, 2.45) is 16.8 Å². The van der Waals surface area contributed by atoms with Gasteiger partial charge in [0.2, 0.25) is 5.96 Å². The van der Waals surface area contributed by atoms with E-state index in [4.69, 9.17) is 10.6 Å². The molecule has 0 aliphatic carbocycles. The molecule has 5 nitrogen and oxygen atoms in total. The van der Waals surface area contributed by atoms with E-state index in [1.165, 1.54) is 11.3 Å². The van der Waals surface area contributed by atoms with Crippen molar-refractivity contribution in [2.75, 3.05) is 31.7 Å². The number of nitrogens with one attached hydrogen (secondary N) is 1. The van der Waals surface area contributed by atoms with Crippen LogP contribution in [0, 0.1) is 5.92 Å². The van der Waals surface area contributed by atoms with Crippen LogP contribution in [0.3, 0.4) is 0 Å². The van der Waals surface area contributed by atoms with Gasteiger partial charge in [-0.3, -0.25) is 10.4 Å². The van der Waals surface area contributed by atoms with Crippen LogP contribution in [-0.4, -0.2) is 32.8 Å². The van der Waals surface area contributed by atoms with Gasteiger partial charge in [-0.05, 0) is 30.4 Å². The van der Waals surface area contributed by atoms with Crippen LogP contribution in [0.1, 0.15) is 18.9 Å². The zero-order valence-electron chi connectivity index (χ0n) is 12.3. The van der Waals surface area contributed by atoms with Crippen LogP contribution in [0.2, 0.25) is 0 Å². The van der Waals surface area contributed by atoms with E-state index in [9.17, 15) is 0 Å². The highest BCUT2D eigenvalue weighted by Gasteiger charge is 2.24. The molecular formula is C15H24N4O. The quantitative estimate of drug-likeness (QED) is 0.288. The van der Waals surface area contributed by atoms with E-state index in [1.54, 1.807) is 7.11 Å². The highest BCUT2D eigenvalue weighted by atomic mass is 16.5. The summed E-state index contributed by atoms with van der Waals surface area (Å²) in [5.41, 5.74) is 5.30. The molecule has 1 aromatic carbocycles. The van der Waals surface area contributed by atoms with Gasteiger partial charge >= 0.3 is 0 Å². The SMILES string of the molecule is COCCCN=C(NN)N1CC(C)Cc2ccccc21. The lowest BCUT2D eigenvalue weighted by atomic mass is 9.94. The number of rotatable bonds is 4. The lowest BCUT2D eigenvalue weighted by molar-refractivity contribution is 0.197. The summed E-state index contributed by atoms with van der Waals surface area (Å²) >= 11 is 0. The topological polar surface area (TPSA) is 62.9 Å². The van der Waals surface area contributed by atoms with Crippen molar-refractivity contribution in [2.45, 2.75) is 19.8 Å². The number of nitrogens with zero attached hydrogens (tertiary/aromatic N) is 2. The van der Waals surface area contributed by atoms with Crippen LogP contribution in [0.4, 0.5) is 5.69 Å². The molecule has 1 heterocycles. The van der Waals surface area contributed by atoms with Gasteiger partial charge in [0.25, 0.3) is 0 Å². The smallest absolute Gasteiger partial charge is 0.212 e. The average Bonchev–Trinajstić information content (AvgIpc) is 2.47. The van der Waals surface area contributed by atoms with Crippen molar-refractivity contribution in [1.82, 2.24) is 5.43 Å². The largest absolute Gasteiger partial charge is 0.385 e. The Kier molecular flexibility index (Phi) is 5.38. The molecule has 2 rings (SSSR count). The van der Waals surface area contributed by atoms with Crippen molar-refractivity contribution in [3.63, 3.8) is 0 Å². The van der Waals surface area contributed by atoms with Crippen molar-refractivity contribution in [1.29, 1.82) is 0 Å². The molecule has 0 spiro atoms. The first-order valence-corrected chi connectivity index (χ1v) is 7.11. The zero-order chi connectivity index (χ0) is 14.4. The molecule has 0 saturated heterocycles. The van der Waals surface area contributed by atoms with Crippen molar-refractivity contribution >= 4 is 11.6 Å². The molecule has 110 valence electrons. The third-order valence-electron chi connectivity index (χ3n) is 3.50. The Balaban J connectivity index is 2.17. The van der Waals surface area contributed by atoms with Gasteiger partial charge in [0.05, 0.1) is 0 Å². The Hall–Kier alpha value is -1.59. The van der Waals surface area contributed by atoms with E-state index in [0.717, 1.165) is 25.3 Å². The molecule has 0 saturated carbocycles. The van der Waals surface area contributed by atoms with Crippen LogP contribution in [0.15, 0.2) is 29.3 Å². The van der Waals surface area contributed by atoms with Gasteiger partial charge in [-0.15, -0.1) is 0 Å². The predicted octanol–water partition coefficient (Wildman–Crippen LogP) is 1.54. The number of aliphatic imine (C=N–C) groups is 1. The number of anilines is 1. The summed E-state index contributed by atoms with van der Waals surface area (Å²) in [4.78, 5) is 6.74. The Labute approximate surface area is 120 Å². The molecule has 0 aromatic heterocycles. The average molecular weight is 276 g/mol. The highest BCUT2D eigenvalue weighted by Crippen LogP contribution is 2.29. The normalized spacial score (nSPS) is 18.9. The molecular weight excluding hydrogens is 252 g/mol. The number of para-hydroxylation sites is 1. The second-order valence-electron chi connectivity index (χ2n) is 5.24. The lowest BCUT2D eigenvalue weighted by Crippen LogP contribution is -2.49. The van der Waals surface area contributed by atoms with Crippen LogP contribution < -0.4 is 16.2 Å². The minimum absolute atomic E-state index is 0.586. The molecule has 1 atom stereocenters. The molecule has 20 heavy (non-hydrogen) atoms. The number of hydrogen-bond donors (Lipinski definition) is 2. The zero-order valence-corrected chi connectivity index (χ0v) is 12.3. The number of nitrogens with two attached hydrogens (primary N) is 1. The van der Waals surface area contributed by atoms with E-state index in [-0.39, 0.29) is 0 Å². The van der Waals surface area contributed by atoms with E-state index >= 15 is 0 Å². The van der Waals surface area contributed by atoms with Gasteiger partial charge in [-0.2, -0.15) is 0 Å². The Morgan fingerprint density at radius 3 is 3.05 bits per heavy atom. The summed E-state index contributed by atoms with van der Waals surface area (Å²) in [6.45, 7) is 4.61. The second-order valence-corrected chi connectivity index (χ2v) is 5.24. The summed E-state index contributed by atoms with van der Waals surface area (Å²) in [7, 11) is 1.70. The van der Waals surface area contributed by atoms with Crippen molar-refractivity contribution in [3.05, 3.63) is 29.8 Å². The van der Waals surface area contributed by atoms with Gasteiger partial charge < -0.3 is 9.64 Å². The molecule has 1 aliphatic rings. The maximum Gasteiger partial charge on any atom is 0.212 e. The third kappa shape index (κ3) is 3.49. The second kappa shape index (κ2) is 7.26. The molecule has 1 unspecified atom stereocenters. The van der Waals surface area contributed by atoms with Crippen LogP contribution >= 0.6 is 0 Å². The maximum absolute atomic E-state index is 5.67. The molecule has 1 aromatic rings. The number of hydrogen-bond acceptors (Lipinski definition) is 3. The fraction of sp³-hybridized carbons (Fsp3) is 0.533. The first-order valence-electron chi connectivity index (χ1n) is 7.11. The Morgan fingerprint density at radius 2 is 2.30 bits per heavy atom. The van der Waals surface area contributed by atoms with Gasteiger partial charge in [0.1, 0.15) is 0 Å². The Bertz CT molecular complexity index is 461. The molecule has 0 amide bonds. The van der Waals surface area contributed by atoms with Gasteiger partial charge in [0, 0.05) is 32.5 Å². The predicted molar refractivity (Wildman–Crippen MR) is 82.8 cm³/mol. The summed E-state index contributed by atoms with van der Waals surface area (Å²) in [6.07, 6.45) is 2.00. The number of guanidine groups is 1. The summed E-state index contributed by atoms with van der Waals surface area (Å²) in [5, 5.41) is 0. The maximum atomic E-state index is 5.67. The number of methoxy groups -OCH3 is 1. The molecule has 0 bridgehead atoms. The van der Waals surface area contributed by atoms with Crippen LogP contribution in [-0.2, 0) is 11.2 Å². The molecule has 3 N–H and O–H groups in total. The fourth-order valence-electron chi connectivity index (χ4n) is 2.60. The molecule has 0 fully saturated rings. The minimum Gasteiger partial charge on any atom is -0.385 e. The standard InChI is InChI=1S/C15H24N4O/c1-12-10-13-6-3-4-7-14(13)19(11-12)15(18-16)17-8-5-9-20-2/h3-4,6-7,12H,5,8-11,16H2,1-2H3,(H,17,18). The van der Waals surface area contributed by atoms with E-state index in [0.29, 0.717) is 19.1 Å². The number of fused-ring (bicyclic) bond motifs is 1. The highest BCUT2D eigenvalue weighted by molar-refractivity contribution is 5.96. The van der Waals surface area contributed by atoms with Crippen molar-refractivity contribution < 1.29 is 4.74 Å². The van der Waals surface area contributed by atoms with Crippen LogP contribution in [0.25, 0.3) is 0 Å². The summed E-state index contributed by atoms with van der Waals surface area (Å²) in [6, 6.07) is 8.45.